The van der Waals surface area contributed by atoms with Gasteiger partial charge >= 0.3 is 0 Å². The first kappa shape index (κ1) is 11.3. The summed E-state index contributed by atoms with van der Waals surface area (Å²) >= 11 is 0. The Morgan fingerprint density at radius 3 is 2.43 bits per heavy atom. The van der Waals surface area contributed by atoms with E-state index >= 15 is 0 Å². The van der Waals surface area contributed by atoms with Crippen molar-refractivity contribution in [1.29, 1.82) is 0 Å². The smallest absolute Gasteiger partial charge is 0.0947 e. The Balaban J connectivity index is 2.53. The van der Waals surface area contributed by atoms with Crippen LogP contribution >= 0.6 is 0 Å². The number of aliphatic hydroxyl groups is 1. The van der Waals surface area contributed by atoms with Crippen LogP contribution in [0.25, 0.3) is 0 Å². The van der Waals surface area contributed by atoms with E-state index in [0.29, 0.717) is 6.54 Å². The monoisotopic (exact) mass is 197 g/mol. The molecule has 0 fully saturated rings. The second kappa shape index (κ2) is 3.75. The lowest BCUT2D eigenvalue weighted by molar-refractivity contribution is -0.00533. The fourth-order valence-electron chi connectivity index (χ4n) is 0.933. The number of hydrogen-bond donors (Lipinski definition) is 2. The molecule has 0 saturated heterocycles. The van der Waals surface area contributed by atoms with E-state index in [9.17, 15) is 5.11 Å². The summed E-state index contributed by atoms with van der Waals surface area (Å²) in [5.74, 6) is 0. The summed E-state index contributed by atoms with van der Waals surface area (Å²) in [5.41, 5.74) is 0.00315. The zero-order valence-electron chi connectivity index (χ0n) is 9.29. The maximum absolute atomic E-state index is 9.89. The molecule has 1 aromatic rings. The Hall–Kier alpha value is -0.800. The van der Waals surface area contributed by atoms with Crippen molar-refractivity contribution in [3.63, 3.8) is 0 Å². The molecule has 3 heteroatoms. The molecule has 0 radical (unpaired) electrons. The van der Waals surface area contributed by atoms with Crippen LogP contribution < -0.4 is 5.32 Å². The number of hydrogen-bond acceptors (Lipinski definition) is 3. The molecule has 0 unspecified atom stereocenters. The topological polar surface area (TPSA) is 45.4 Å². The van der Waals surface area contributed by atoms with Crippen LogP contribution in [-0.4, -0.2) is 16.2 Å². The van der Waals surface area contributed by atoms with Crippen LogP contribution in [0.2, 0.25) is 0 Å². The second-order valence-corrected chi connectivity index (χ2v) is 4.67. The van der Waals surface area contributed by atoms with Crippen LogP contribution in [0.3, 0.4) is 0 Å². The van der Waals surface area contributed by atoms with E-state index in [-0.39, 0.29) is 5.54 Å². The number of furan rings is 1. The average molecular weight is 197 g/mol. The number of rotatable bonds is 4. The van der Waals surface area contributed by atoms with Crippen LogP contribution in [-0.2, 0) is 6.54 Å². The second-order valence-electron chi connectivity index (χ2n) is 4.67. The van der Waals surface area contributed by atoms with Crippen molar-refractivity contribution in [2.45, 2.75) is 45.4 Å². The molecular formula is C11H19NO2. The van der Waals surface area contributed by atoms with Crippen molar-refractivity contribution in [2.24, 2.45) is 0 Å². The first-order valence-corrected chi connectivity index (χ1v) is 4.81. The van der Waals surface area contributed by atoms with Crippen molar-refractivity contribution in [3.05, 3.63) is 24.2 Å². The molecule has 0 aromatic carbocycles. The fraction of sp³-hybridized carbons (Fsp3) is 0.636. The van der Waals surface area contributed by atoms with Gasteiger partial charge in [0.05, 0.1) is 18.1 Å². The first-order chi connectivity index (χ1) is 6.33. The molecule has 3 nitrogen and oxygen atoms in total. The zero-order valence-corrected chi connectivity index (χ0v) is 9.29. The molecule has 2 N–H and O–H groups in total. The van der Waals surface area contributed by atoms with Gasteiger partial charge in [-0.05, 0) is 33.8 Å². The predicted molar refractivity (Wildman–Crippen MR) is 55.9 cm³/mol. The minimum Gasteiger partial charge on any atom is -0.472 e. The molecule has 1 aromatic heterocycles. The lowest BCUT2D eigenvalue weighted by Crippen LogP contribution is -2.55. The normalized spacial score (nSPS) is 13.2. The van der Waals surface area contributed by atoms with Crippen LogP contribution in [0.5, 0.6) is 0 Å². The van der Waals surface area contributed by atoms with Gasteiger partial charge in [0.1, 0.15) is 0 Å². The van der Waals surface area contributed by atoms with Gasteiger partial charge in [-0.2, -0.15) is 0 Å². The Kier molecular flexibility index (Phi) is 3.02. The van der Waals surface area contributed by atoms with Gasteiger partial charge in [0, 0.05) is 17.6 Å². The van der Waals surface area contributed by atoms with E-state index < -0.39 is 5.60 Å². The van der Waals surface area contributed by atoms with Crippen molar-refractivity contribution in [1.82, 2.24) is 5.32 Å². The summed E-state index contributed by atoms with van der Waals surface area (Å²) < 4.78 is 4.96. The third-order valence-corrected chi connectivity index (χ3v) is 2.84. The van der Waals surface area contributed by atoms with Gasteiger partial charge in [0.15, 0.2) is 0 Å². The van der Waals surface area contributed by atoms with Crippen molar-refractivity contribution < 1.29 is 9.52 Å². The standard InChI is InChI=1S/C11H19NO2/c1-10(2,11(3,4)13)12-7-9-5-6-14-8-9/h5-6,8,12-13H,7H2,1-4H3. The number of nitrogens with one attached hydrogen (secondary N) is 1. The van der Waals surface area contributed by atoms with E-state index in [1.54, 1.807) is 26.4 Å². The highest BCUT2D eigenvalue weighted by Crippen LogP contribution is 2.20. The van der Waals surface area contributed by atoms with Gasteiger partial charge in [-0.3, -0.25) is 0 Å². The summed E-state index contributed by atoms with van der Waals surface area (Å²) in [6.45, 7) is 8.26. The highest BCUT2D eigenvalue weighted by Gasteiger charge is 2.34. The van der Waals surface area contributed by atoms with Crippen LogP contribution in [0.15, 0.2) is 23.0 Å². The zero-order chi connectivity index (χ0) is 10.8. The Labute approximate surface area is 85.1 Å². The summed E-state index contributed by atoms with van der Waals surface area (Å²) in [7, 11) is 0. The van der Waals surface area contributed by atoms with Crippen molar-refractivity contribution in [3.8, 4) is 0 Å². The third kappa shape index (κ3) is 2.59. The highest BCUT2D eigenvalue weighted by atomic mass is 16.3. The molecule has 0 amide bonds. The lowest BCUT2D eigenvalue weighted by Gasteiger charge is -2.38. The molecule has 0 bridgehead atoms. The fourth-order valence-corrected chi connectivity index (χ4v) is 0.933. The summed E-state index contributed by atoms with van der Waals surface area (Å²) in [4.78, 5) is 0. The van der Waals surface area contributed by atoms with E-state index in [4.69, 9.17) is 4.42 Å². The van der Waals surface area contributed by atoms with Gasteiger partial charge in [-0.25, -0.2) is 0 Å². The maximum Gasteiger partial charge on any atom is 0.0947 e. The molecular weight excluding hydrogens is 178 g/mol. The van der Waals surface area contributed by atoms with Gasteiger partial charge in [0.2, 0.25) is 0 Å². The van der Waals surface area contributed by atoms with Gasteiger partial charge < -0.3 is 14.8 Å². The van der Waals surface area contributed by atoms with Crippen LogP contribution in [0.1, 0.15) is 33.3 Å². The molecule has 0 spiro atoms. The molecule has 0 aliphatic carbocycles. The van der Waals surface area contributed by atoms with Gasteiger partial charge in [-0.1, -0.05) is 0 Å². The molecule has 0 aliphatic heterocycles. The van der Waals surface area contributed by atoms with E-state index in [1.165, 1.54) is 0 Å². The molecule has 1 rings (SSSR count). The largest absolute Gasteiger partial charge is 0.472 e. The van der Waals surface area contributed by atoms with Crippen LogP contribution in [0.4, 0.5) is 0 Å². The van der Waals surface area contributed by atoms with Gasteiger partial charge in [0.25, 0.3) is 0 Å². The molecule has 0 atom stereocenters. The SMILES string of the molecule is CC(C)(O)C(C)(C)NCc1ccoc1. The summed E-state index contributed by atoms with van der Waals surface area (Å²) in [6, 6.07) is 1.91. The summed E-state index contributed by atoms with van der Waals surface area (Å²) in [6.07, 6.45) is 3.35. The molecule has 0 saturated carbocycles. The Morgan fingerprint density at radius 2 is 2.00 bits per heavy atom. The highest BCUT2D eigenvalue weighted by molar-refractivity contribution is 5.06. The average Bonchev–Trinajstić information content (AvgIpc) is 2.50. The third-order valence-electron chi connectivity index (χ3n) is 2.84. The molecule has 14 heavy (non-hydrogen) atoms. The first-order valence-electron chi connectivity index (χ1n) is 4.81. The minimum atomic E-state index is -0.753. The van der Waals surface area contributed by atoms with Crippen molar-refractivity contribution >= 4 is 0 Å². The minimum absolute atomic E-state index is 0.329. The van der Waals surface area contributed by atoms with Gasteiger partial charge in [-0.15, -0.1) is 0 Å². The quantitative estimate of drug-likeness (QED) is 0.775. The van der Waals surface area contributed by atoms with E-state index in [1.807, 2.05) is 19.9 Å². The van der Waals surface area contributed by atoms with E-state index in [0.717, 1.165) is 5.56 Å². The Bertz CT molecular complexity index is 270. The van der Waals surface area contributed by atoms with Crippen LogP contribution in [0, 0.1) is 0 Å². The predicted octanol–water partition coefficient (Wildman–Crippen LogP) is 1.92. The molecule has 1 heterocycles. The van der Waals surface area contributed by atoms with E-state index in [2.05, 4.69) is 5.32 Å². The summed E-state index contributed by atoms with van der Waals surface area (Å²) in [5, 5.41) is 13.2. The molecule has 80 valence electrons. The Morgan fingerprint density at radius 1 is 1.36 bits per heavy atom. The molecule has 0 aliphatic rings. The maximum atomic E-state index is 9.89. The van der Waals surface area contributed by atoms with Crippen molar-refractivity contribution in [2.75, 3.05) is 0 Å². The lowest BCUT2D eigenvalue weighted by atomic mass is 9.86.